The molecule has 4 rings (SSSR count). The summed E-state index contributed by atoms with van der Waals surface area (Å²) in [5.74, 6) is 0.852. The van der Waals surface area contributed by atoms with Gasteiger partial charge in [0.1, 0.15) is 0 Å². The van der Waals surface area contributed by atoms with Crippen LogP contribution >= 0.6 is 11.3 Å². The maximum absolute atomic E-state index is 5.45. The summed E-state index contributed by atoms with van der Waals surface area (Å²) in [6.07, 6.45) is 9.02. The van der Waals surface area contributed by atoms with Crippen molar-refractivity contribution in [2.75, 3.05) is 13.2 Å². The molecule has 4 heteroatoms. The van der Waals surface area contributed by atoms with E-state index in [-0.39, 0.29) is 0 Å². The van der Waals surface area contributed by atoms with Crippen LogP contribution in [-0.2, 0) is 4.74 Å². The summed E-state index contributed by atoms with van der Waals surface area (Å²) >= 11 is 1.89. The lowest BCUT2D eigenvalue weighted by Crippen LogP contribution is -2.17. The van der Waals surface area contributed by atoms with Crippen molar-refractivity contribution in [3.05, 3.63) is 28.8 Å². The summed E-state index contributed by atoms with van der Waals surface area (Å²) in [5.41, 5.74) is 2.70. The maximum Gasteiger partial charge on any atom is 0.0957 e. The number of rotatable bonds is 3. The summed E-state index contributed by atoms with van der Waals surface area (Å²) in [5, 5.41) is 2.21. The highest BCUT2D eigenvalue weighted by Gasteiger charge is 2.30. The van der Waals surface area contributed by atoms with E-state index in [4.69, 9.17) is 4.74 Å². The van der Waals surface area contributed by atoms with E-state index in [2.05, 4.69) is 21.0 Å². The molecule has 2 aliphatic heterocycles. The predicted octanol–water partition coefficient (Wildman–Crippen LogP) is 3.72. The lowest BCUT2D eigenvalue weighted by molar-refractivity contribution is 0.0625. The van der Waals surface area contributed by atoms with Crippen LogP contribution < -0.4 is 0 Å². The molecule has 1 fully saturated rings. The first-order valence-electron chi connectivity index (χ1n) is 7.11. The largest absolute Gasteiger partial charge is 0.381 e. The van der Waals surface area contributed by atoms with E-state index in [0.29, 0.717) is 6.04 Å². The molecule has 100 valence electrons. The van der Waals surface area contributed by atoms with Gasteiger partial charge in [0, 0.05) is 23.7 Å². The third-order valence-corrected chi connectivity index (χ3v) is 5.48. The lowest BCUT2D eigenvalue weighted by Gasteiger charge is -2.23. The third kappa shape index (κ3) is 1.94. The van der Waals surface area contributed by atoms with Crippen LogP contribution in [0.5, 0.6) is 0 Å². The quantitative estimate of drug-likeness (QED) is 0.853. The van der Waals surface area contributed by atoms with E-state index in [1.54, 1.807) is 0 Å². The van der Waals surface area contributed by atoms with Crippen LogP contribution in [0.3, 0.4) is 0 Å². The van der Waals surface area contributed by atoms with Gasteiger partial charge in [-0.2, -0.15) is 0 Å². The Balaban J connectivity index is 1.52. The zero-order chi connectivity index (χ0) is 12.7. The van der Waals surface area contributed by atoms with Crippen LogP contribution in [0.15, 0.2) is 24.0 Å². The Labute approximate surface area is 117 Å². The van der Waals surface area contributed by atoms with E-state index in [9.17, 15) is 0 Å². The van der Waals surface area contributed by atoms with E-state index < -0.39 is 0 Å². The van der Waals surface area contributed by atoms with E-state index in [1.165, 1.54) is 41.8 Å². The Morgan fingerprint density at radius 2 is 2.21 bits per heavy atom. The lowest BCUT2D eigenvalue weighted by atomic mass is 9.92. The topological polar surface area (TPSA) is 27.1 Å². The molecule has 0 saturated carbocycles. The Morgan fingerprint density at radius 3 is 3.11 bits per heavy atom. The van der Waals surface area contributed by atoms with Crippen LogP contribution in [0.1, 0.15) is 36.6 Å². The summed E-state index contributed by atoms with van der Waals surface area (Å²) in [6, 6.07) is 2.76. The van der Waals surface area contributed by atoms with Crippen LogP contribution in [0.25, 0.3) is 11.3 Å². The molecule has 0 spiro atoms. The molecule has 4 heterocycles. The number of thiophene rings is 1. The molecule has 0 aromatic carbocycles. The second-order valence-corrected chi connectivity index (χ2v) is 6.48. The minimum atomic E-state index is 0.523. The number of aromatic nitrogens is 2. The molecule has 0 unspecified atom stereocenters. The van der Waals surface area contributed by atoms with Crippen molar-refractivity contribution in [3.8, 4) is 11.3 Å². The number of nitrogens with zero attached hydrogens (tertiary/aromatic N) is 2. The van der Waals surface area contributed by atoms with E-state index in [0.717, 1.165) is 19.1 Å². The molecule has 1 atom stereocenters. The first kappa shape index (κ1) is 11.7. The van der Waals surface area contributed by atoms with Gasteiger partial charge in [-0.25, -0.2) is 4.98 Å². The highest BCUT2D eigenvalue weighted by atomic mass is 32.1. The fraction of sp³-hybridized carbons (Fsp3) is 0.533. The third-order valence-electron chi connectivity index (χ3n) is 4.46. The van der Waals surface area contributed by atoms with Crippen molar-refractivity contribution in [3.63, 3.8) is 0 Å². The minimum absolute atomic E-state index is 0.523. The number of fused-ring (bicyclic) bond motifs is 3. The Morgan fingerprint density at radius 1 is 1.32 bits per heavy atom. The molecule has 2 aromatic heterocycles. The molecule has 0 N–H and O–H groups in total. The molecule has 0 bridgehead atoms. The number of imidazole rings is 1. The SMILES string of the molecule is c1cc2c(s1)[C@@H](CCC1CCOCC1)n1cncc1-2. The van der Waals surface area contributed by atoms with Gasteiger partial charge in [-0.15, -0.1) is 11.3 Å². The average Bonchev–Trinajstić information content (AvgIpc) is 3.11. The number of hydrogen-bond acceptors (Lipinski definition) is 3. The number of ether oxygens (including phenoxy) is 1. The van der Waals surface area contributed by atoms with Gasteiger partial charge in [0.25, 0.3) is 0 Å². The average molecular weight is 274 g/mol. The van der Waals surface area contributed by atoms with E-state index >= 15 is 0 Å². The van der Waals surface area contributed by atoms with Gasteiger partial charge in [-0.05, 0) is 43.0 Å². The van der Waals surface area contributed by atoms with Crippen molar-refractivity contribution < 1.29 is 4.74 Å². The first-order valence-corrected chi connectivity index (χ1v) is 7.99. The smallest absolute Gasteiger partial charge is 0.0957 e. The maximum atomic E-state index is 5.45. The molecule has 3 nitrogen and oxygen atoms in total. The molecule has 1 saturated heterocycles. The van der Waals surface area contributed by atoms with Crippen molar-refractivity contribution in [1.29, 1.82) is 0 Å². The molecule has 2 aliphatic rings. The summed E-state index contributed by atoms with van der Waals surface area (Å²) < 4.78 is 7.81. The minimum Gasteiger partial charge on any atom is -0.381 e. The monoisotopic (exact) mass is 274 g/mol. The van der Waals surface area contributed by atoms with Crippen LogP contribution in [-0.4, -0.2) is 22.8 Å². The molecular formula is C15H18N2OS. The summed E-state index contributed by atoms with van der Waals surface area (Å²) in [6.45, 7) is 1.91. The van der Waals surface area contributed by atoms with Gasteiger partial charge in [0.2, 0.25) is 0 Å². The van der Waals surface area contributed by atoms with Crippen LogP contribution in [0.2, 0.25) is 0 Å². The Bertz CT molecular complexity index is 528. The van der Waals surface area contributed by atoms with E-state index in [1.807, 2.05) is 23.9 Å². The van der Waals surface area contributed by atoms with Crippen LogP contribution in [0, 0.1) is 5.92 Å². The number of hydrogen-bond donors (Lipinski definition) is 0. The fourth-order valence-corrected chi connectivity index (χ4v) is 4.42. The van der Waals surface area contributed by atoms with Crippen LogP contribution in [0.4, 0.5) is 0 Å². The van der Waals surface area contributed by atoms with Gasteiger partial charge in [-0.1, -0.05) is 0 Å². The van der Waals surface area contributed by atoms with Crippen molar-refractivity contribution in [1.82, 2.24) is 9.55 Å². The summed E-state index contributed by atoms with van der Waals surface area (Å²) in [4.78, 5) is 5.85. The van der Waals surface area contributed by atoms with Crippen molar-refractivity contribution >= 4 is 11.3 Å². The van der Waals surface area contributed by atoms with Gasteiger partial charge in [0.15, 0.2) is 0 Å². The fourth-order valence-electron chi connectivity index (χ4n) is 3.38. The van der Waals surface area contributed by atoms with Crippen molar-refractivity contribution in [2.45, 2.75) is 31.7 Å². The Kier molecular flexibility index (Phi) is 2.93. The molecule has 0 amide bonds. The predicted molar refractivity (Wildman–Crippen MR) is 76.5 cm³/mol. The highest BCUT2D eigenvalue weighted by molar-refractivity contribution is 7.10. The molecule has 2 aromatic rings. The molecular weight excluding hydrogens is 256 g/mol. The second kappa shape index (κ2) is 4.76. The van der Waals surface area contributed by atoms with Gasteiger partial charge in [-0.3, -0.25) is 0 Å². The summed E-state index contributed by atoms with van der Waals surface area (Å²) in [7, 11) is 0. The zero-order valence-corrected chi connectivity index (χ0v) is 11.7. The van der Waals surface area contributed by atoms with Gasteiger partial charge in [0.05, 0.1) is 24.3 Å². The molecule has 0 aliphatic carbocycles. The highest BCUT2D eigenvalue weighted by Crippen LogP contribution is 2.45. The second-order valence-electron chi connectivity index (χ2n) is 5.53. The van der Waals surface area contributed by atoms with Gasteiger partial charge < -0.3 is 9.30 Å². The van der Waals surface area contributed by atoms with Crippen molar-refractivity contribution in [2.24, 2.45) is 5.92 Å². The van der Waals surface area contributed by atoms with Gasteiger partial charge >= 0.3 is 0 Å². The first-order chi connectivity index (χ1) is 9.43. The normalized spacial score (nSPS) is 22.4. The Hall–Kier alpha value is -1.13. The molecule has 0 radical (unpaired) electrons. The molecule has 19 heavy (non-hydrogen) atoms. The standard InChI is InChI=1S/C15H18N2OS/c1(11-3-6-18-7-4-11)2-13-15-12(5-8-19-15)14-9-16-10-17(13)14/h5,8-11,13H,1-4,6-7H2/t13-/m1/s1. The zero-order valence-electron chi connectivity index (χ0n) is 10.9.